The molecule has 21 heavy (non-hydrogen) atoms. The summed E-state index contributed by atoms with van der Waals surface area (Å²) in [7, 11) is 0.336. The molecule has 0 unspecified atom stereocenters. The normalized spacial score (nSPS) is 13.0. The second-order valence-corrected chi connectivity index (χ2v) is 4.37. The van der Waals surface area contributed by atoms with E-state index >= 15 is 0 Å². The van der Waals surface area contributed by atoms with Crippen molar-refractivity contribution in [1.82, 2.24) is 10.2 Å². The molecule has 2 heterocycles. The van der Waals surface area contributed by atoms with Crippen molar-refractivity contribution in [3.05, 3.63) is 41.6 Å². The van der Waals surface area contributed by atoms with Crippen molar-refractivity contribution >= 4 is 18.6 Å². The Morgan fingerprint density at radius 3 is 2.90 bits per heavy atom. The van der Waals surface area contributed by atoms with Gasteiger partial charge in [0, 0.05) is 6.07 Å². The zero-order valence-electron chi connectivity index (χ0n) is 11.1. The van der Waals surface area contributed by atoms with Crippen LogP contribution in [-0.4, -0.2) is 35.4 Å². The molecule has 0 amide bonds. The average molecular weight is 286 g/mol. The Balaban J connectivity index is 1.78. The Morgan fingerprint density at radius 2 is 2.19 bits per heavy atom. The minimum absolute atomic E-state index is 0.0997. The number of nitrogens with zero attached hydrogens (tertiary/aromatic N) is 2. The van der Waals surface area contributed by atoms with E-state index in [9.17, 15) is 9.82 Å². The van der Waals surface area contributed by atoms with Crippen molar-refractivity contribution in [2.24, 2.45) is 0 Å². The van der Waals surface area contributed by atoms with E-state index in [2.05, 4.69) is 14.9 Å². The SMILES string of the molecule is COC(=O)c1ccc(Oc2ccc3c(c2)B(O)OC3)nn1. The van der Waals surface area contributed by atoms with Crippen LogP contribution in [0.5, 0.6) is 11.6 Å². The van der Waals surface area contributed by atoms with Crippen molar-refractivity contribution in [3.63, 3.8) is 0 Å². The summed E-state index contributed by atoms with van der Waals surface area (Å²) in [6.07, 6.45) is 0. The predicted molar refractivity (Wildman–Crippen MR) is 72.3 cm³/mol. The molecule has 0 radical (unpaired) electrons. The highest BCUT2D eigenvalue weighted by Gasteiger charge is 2.27. The molecule has 1 aliphatic heterocycles. The number of hydrogen-bond acceptors (Lipinski definition) is 7. The molecule has 8 heteroatoms. The van der Waals surface area contributed by atoms with Gasteiger partial charge in [0.05, 0.1) is 13.7 Å². The summed E-state index contributed by atoms with van der Waals surface area (Å²) < 4.78 is 15.2. The van der Waals surface area contributed by atoms with E-state index in [-0.39, 0.29) is 11.6 Å². The zero-order chi connectivity index (χ0) is 14.8. The number of carbonyl (C=O) groups excluding carboxylic acids is 1. The Bertz CT molecular complexity index is 677. The van der Waals surface area contributed by atoms with E-state index in [0.717, 1.165) is 5.56 Å². The zero-order valence-corrected chi connectivity index (χ0v) is 11.1. The third-order valence-electron chi connectivity index (χ3n) is 3.04. The van der Waals surface area contributed by atoms with Gasteiger partial charge < -0.3 is 19.2 Å². The molecule has 1 aromatic heterocycles. The van der Waals surface area contributed by atoms with E-state index in [0.29, 0.717) is 17.8 Å². The predicted octanol–water partition coefficient (Wildman–Crippen LogP) is 0.273. The highest BCUT2D eigenvalue weighted by molar-refractivity contribution is 6.61. The van der Waals surface area contributed by atoms with E-state index in [1.165, 1.54) is 19.2 Å². The lowest BCUT2D eigenvalue weighted by Crippen LogP contribution is -2.27. The lowest BCUT2D eigenvalue weighted by molar-refractivity contribution is 0.0592. The summed E-state index contributed by atoms with van der Waals surface area (Å²) in [6.45, 7) is 0.379. The molecule has 3 rings (SSSR count). The molecule has 0 spiro atoms. The minimum Gasteiger partial charge on any atom is -0.464 e. The van der Waals surface area contributed by atoms with Crippen LogP contribution in [0.4, 0.5) is 0 Å². The maximum atomic E-state index is 11.2. The number of methoxy groups -OCH3 is 1. The van der Waals surface area contributed by atoms with Crippen LogP contribution in [0.25, 0.3) is 0 Å². The first-order valence-corrected chi connectivity index (χ1v) is 6.20. The van der Waals surface area contributed by atoms with Crippen molar-refractivity contribution in [2.45, 2.75) is 6.61 Å². The summed E-state index contributed by atoms with van der Waals surface area (Å²) in [6, 6.07) is 8.22. The molecule has 0 saturated heterocycles. The molecular weight excluding hydrogens is 275 g/mol. The molecule has 0 saturated carbocycles. The third-order valence-corrected chi connectivity index (χ3v) is 3.04. The Hall–Kier alpha value is -2.45. The van der Waals surface area contributed by atoms with E-state index in [1.54, 1.807) is 12.1 Å². The van der Waals surface area contributed by atoms with Crippen LogP contribution in [0.15, 0.2) is 30.3 Å². The molecule has 7 nitrogen and oxygen atoms in total. The Labute approximate surface area is 120 Å². The van der Waals surface area contributed by atoms with Crippen LogP contribution in [-0.2, 0) is 16.0 Å². The first-order chi connectivity index (χ1) is 10.2. The maximum Gasteiger partial charge on any atom is 0.491 e. The van der Waals surface area contributed by atoms with Gasteiger partial charge in [-0.2, -0.15) is 0 Å². The van der Waals surface area contributed by atoms with Crippen molar-refractivity contribution < 1.29 is 23.9 Å². The molecule has 106 valence electrons. The number of fused-ring (bicyclic) bond motifs is 1. The van der Waals surface area contributed by atoms with E-state index in [1.807, 2.05) is 6.07 Å². The standard InChI is InChI=1S/C13H11BN2O5/c1-19-13(17)11-4-5-12(16-15-11)21-9-3-2-8-7-20-14(18)10(8)6-9/h2-6,18H,7H2,1H3. The number of aromatic nitrogens is 2. The highest BCUT2D eigenvalue weighted by atomic mass is 16.5. The summed E-state index contributed by atoms with van der Waals surface area (Å²) >= 11 is 0. The highest BCUT2D eigenvalue weighted by Crippen LogP contribution is 2.21. The van der Waals surface area contributed by atoms with Gasteiger partial charge in [0.25, 0.3) is 0 Å². The van der Waals surface area contributed by atoms with Crippen molar-refractivity contribution in [2.75, 3.05) is 7.11 Å². The molecule has 0 fully saturated rings. The molecule has 1 aromatic carbocycles. The second kappa shape index (κ2) is 5.51. The van der Waals surface area contributed by atoms with Crippen LogP contribution in [0.3, 0.4) is 0 Å². The number of ether oxygens (including phenoxy) is 2. The maximum absolute atomic E-state index is 11.2. The van der Waals surface area contributed by atoms with Gasteiger partial charge in [-0.25, -0.2) is 4.79 Å². The first-order valence-electron chi connectivity index (χ1n) is 6.20. The van der Waals surface area contributed by atoms with Gasteiger partial charge in [-0.15, -0.1) is 10.2 Å². The largest absolute Gasteiger partial charge is 0.491 e. The van der Waals surface area contributed by atoms with E-state index in [4.69, 9.17) is 9.39 Å². The van der Waals surface area contributed by atoms with E-state index < -0.39 is 13.1 Å². The molecule has 0 bridgehead atoms. The number of esters is 1. The lowest BCUT2D eigenvalue weighted by Gasteiger charge is -2.06. The van der Waals surface area contributed by atoms with Crippen LogP contribution in [0.1, 0.15) is 16.1 Å². The fourth-order valence-corrected chi connectivity index (χ4v) is 1.96. The van der Waals surface area contributed by atoms with Crippen LogP contribution >= 0.6 is 0 Å². The second-order valence-electron chi connectivity index (χ2n) is 4.37. The Kier molecular flexibility index (Phi) is 3.55. The van der Waals surface area contributed by atoms with Gasteiger partial charge in [-0.05, 0) is 29.2 Å². The monoisotopic (exact) mass is 286 g/mol. The fourth-order valence-electron chi connectivity index (χ4n) is 1.96. The van der Waals surface area contributed by atoms with Crippen molar-refractivity contribution in [1.29, 1.82) is 0 Å². The average Bonchev–Trinajstić information content (AvgIpc) is 2.88. The minimum atomic E-state index is -0.934. The summed E-state index contributed by atoms with van der Waals surface area (Å²) in [5.74, 6) is 0.168. The van der Waals surface area contributed by atoms with Gasteiger partial charge in [0.15, 0.2) is 5.69 Å². The molecule has 1 aliphatic rings. The van der Waals surface area contributed by atoms with Crippen LogP contribution < -0.4 is 10.2 Å². The number of benzene rings is 1. The fraction of sp³-hybridized carbons (Fsp3) is 0.154. The summed E-state index contributed by atoms with van der Waals surface area (Å²) in [4.78, 5) is 11.2. The molecule has 1 N–H and O–H groups in total. The third kappa shape index (κ3) is 2.71. The Morgan fingerprint density at radius 1 is 1.33 bits per heavy atom. The molecular formula is C13H11BN2O5. The van der Waals surface area contributed by atoms with Crippen LogP contribution in [0.2, 0.25) is 0 Å². The van der Waals surface area contributed by atoms with Crippen molar-refractivity contribution in [3.8, 4) is 11.6 Å². The van der Waals surface area contributed by atoms with Crippen LogP contribution in [0, 0.1) is 0 Å². The first kappa shape index (κ1) is 13.5. The number of rotatable bonds is 3. The molecule has 2 aromatic rings. The van der Waals surface area contributed by atoms with Gasteiger partial charge in [0.1, 0.15) is 5.75 Å². The van der Waals surface area contributed by atoms with Gasteiger partial charge in [-0.1, -0.05) is 6.07 Å². The van der Waals surface area contributed by atoms with Gasteiger partial charge in [0.2, 0.25) is 5.88 Å². The molecule has 0 atom stereocenters. The lowest BCUT2D eigenvalue weighted by atomic mass is 9.79. The number of hydrogen-bond donors (Lipinski definition) is 1. The number of carbonyl (C=O) groups is 1. The topological polar surface area (TPSA) is 90.8 Å². The quantitative estimate of drug-likeness (QED) is 0.639. The van der Waals surface area contributed by atoms with Gasteiger partial charge in [-0.3, -0.25) is 0 Å². The molecule has 0 aliphatic carbocycles. The van der Waals surface area contributed by atoms with Gasteiger partial charge >= 0.3 is 13.1 Å². The summed E-state index contributed by atoms with van der Waals surface area (Å²) in [5, 5.41) is 17.1. The smallest absolute Gasteiger partial charge is 0.464 e. The summed E-state index contributed by atoms with van der Waals surface area (Å²) in [5.41, 5.74) is 1.69.